The van der Waals surface area contributed by atoms with Gasteiger partial charge in [-0.05, 0) is 30.5 Å². The van der Waals surface area contributed by atoms with Crippen molar-refractivity contribution in [3.8, 4) is 0 Å². The zero-order chi connectivity index (χ0) is 18.5. The Labute approximate surface area is 136 Å². The molecular formula is C16H19F6NO. The monoisotopic (exact) mass is 355 g/mol. The van der Waals surface area contributed by atoms with Crippen molar-refractivity contribution < 1.29 is 31.1 Å². The van der Waals surface area contributed by atoms with Crippen LogP contribution in [0.15, 0.2) is 18.2 Å². The van der Waals surface area contributed by atoms with E-state index in [1.54, 1.807) is 0 Å². The molecule has 1 aromatic carbocycles. The van der Waals surface area contributed by atoms with Crippen molar-refractivity contribution in [3.63, 3.8) is 0 Å². The summed E-state index contributed by atoms with van der Waals surface area (Å²) in [6, 6.07) is 0.864. The van der Waals surface area contributed by atoms with Gasteiger partial charge in [-0.3, -0.25) is 4.79 Å². The van der Waals surface area contributed by atoms with Crippen LogP contribution in [0, 0.1) is 5.92 Å². The van der Waals surface area contributed by atoms with E-state index in [2.05, 4.69) is 5.32 Å². The third-order valence-corrected chi connectivity index (χ3v) is 3.51. The Bertz CT molecular complexity index is 532. The quantitative estimate of drug-likeness (QED) is 0.691. The second kappa shape index (κ2) is 7.90. The first-order valence-electron chi connectivity index (χ1n) is 7.52. The number of alkyl halides is 6. The Morgan fingerprint density at radius 2 is 1.54 bits per heavy atom. The first-order valence-corrected chi connectivity index (χ1v) is 7.52. The fourth-order valence-corrected chi connectivity index (χ4v) is 2.11. The SMILES string of the molecule is CCCC[C@@H](C)CNC(=O)c1cc(C(F)(F)F)cc(C(F)(F)F)c1. The lowest BCUT2D eigenvalue weighted by atomic mass is 10.0. The molecule has 1 rings (SSSR count). The number of hydrogen-bond donors (Lipinski definition) is 1. The molecule has 0 aliphatic heterocycles. The number of hydrogen-bond acceptors (Lipinski definition) is 1. The Balaban J connectivity index is 2.99. The fourth-order valence-electron chi connectivity index (χ4n) is 2.11. The molecule has 1 amide bonds. The summed E-state index contributed by atoms with van der Waals surface area (Å²) >= 11 is 0. The van der Waals surface area contributed by atoms with Crippen molar-refractivity contribution in [1.82, 2.24) is 5.32 Å². The van der Waals surface area contributed by atoms with E-state index in [4.69, 9.17) is 0 Å². The van der Waals surface area contributed by atoms with Gasteiger partial charge >= 0.3 is 12.4 Å². The maximum absolute atomic E-state index is 12.8. The molecule has 24 heavy (non-hydrogen) atoms. The molecule has 0 spiro atoms. The summed E-state index contributed by atoms with van der Waals surface area (Å²) in [7, 11) is 0. The van der Waals surface area contributed by atoms with Crippen LogP contribution < -0.4 is 5.32 Å². The van der Waals surface area contributed by atoms with Crippen molar-refractivity contribution in [2.24, 2.45) is 5.92 Å². The van der Waals surface area contributed by atoms with Gasteiger partial charge < -0.3 is 5.32 Å². The molecular weight excluding hydrogens is 336 g/mol. The van der Waals surface area contributed by atoms with Crippen molar-refractivity contribution in [1.29, 1.82) is 0 Å². The fraction of sp³-hybridized carbons (Fsp3) is 0.562. The molecule has 0 saturated heterocycles. The molecule has 0 saturated carbocycles. The molecule has 0 unspecified atom stereocenters. The molecule has 0 fully saturated rings. The summed E-state index contributed by atoms with van der Waals surface area (Å²) in [5.41, 5.74) is -3.65. The largest absolute Gasteiger partial charge is 0.416 e. The van der Waals surface area contributed by atoms with Crippen LogP contribution in [0.5, 0.6) is 0 Å². The Hall–Kier alpha value is -1.73. The van der Waals surface area contributed by atoms with Gasteiger partial charge in [0.2, 0.25) is 0 Å². The van der Waals surface area contributed by atoms with Crippen LogP contribution in [0.25, 0.3) is 0 Å². The van der Waals surface area contributed by atoms with E-state index in [1.807, 2.05) is 13.8 Å². The summed E-state index contributed by atoms with van der Waals surface area (Å²) < 4.78 is 76.5. The number of rotatable bonds is 6. The molecule has 0 radical (unpaired) electrons. The molecule has 1 aromatic rings. The highest BCUT2D eigenvalue weighted by Crippen LogP contribution is 2.36. The molecule has 0 bridgehead atoms. The summed E-state index contributed by atoms with van der Waals surface area (Å²) in [6.45, 7) is 4.03. The first-order chi connectivity index (χ1) is 10.9. The minimum Gasteiger partial charge on any atom is -0.352 e. The topological polar surface area (TPSA) is 29.1 Å². The minimum absolute atomic E-state index is 0.000648. The van der Waals surface area contributed by atoms with Crippen LogP contribution in [0.3, 0.4) is 0 Å². The Morgan fingerprint density at radius 3 is 1.96 bits per heavy atom. The van der Waals surface area contributed by atoms with Crippen LogP contribution >= 0.6 is 0 Å². The smallest absolute Gasteiger partial charge is 0.352 e. The zero-order valence-corrected chi connectivity index (χ0v) is 13.3. The number of nitrogens with one attached hydrogen (secondary N) is 1. The highest BCUT2D eigenvalue weighted by atomic mass is 19.4. The van der Waals surface area contributed by atoms with Gasteiger partial charge in [-0.25, -0.2) is 0 Å². The van der Waals surface area contributed by atoms with Crippen LogP contribution in [0.2, 0.25) is 0 Å². The summed E-state index contributed by atoms with van der Waals surface area (Å²) in [6.07, 6.45) is -7.23. The molecule has 8 heteroatoms. The van der Waals surface area contributed by atoms with E-state index < -0.39 is 35.0 Å². The van der Waals surface area contributed by atoms with Gasteiger partial charge in [0.05, 0.1) is 11.1 Å². The predicted molar refractivity (Wildman–Crippen MR) is 77.5 cm³/mol. The second-order valence-electron chi connectivity index (χ2n) is 5.75. The number of carbonyl (C=O) groups is 1. The van der Waals surface area contributed by atoms with Crippen LogP contribution in [-0.4, -0.2) is 12.5 Å². The third-order valence-electron chi connectivity index (χ3n) is 3.51. The van der Waals surface area contributed by atoms with Gasteiger partial charge in [0.25, 0.3) is 5.91 Å². The van der Waals surface area contributed by atoms with E-state index in [0.717, 1.165) is 19.3 Å². The highest BCUT2D eigenvalue weighted by Gasteiger charge is 2.37. The standard InChI is InChI=1S/C16H19F6NO/c1-3-4-5-10(2)9-23-14(24)11-6-12(15(17,18)19)8-13(7-11)16(20,21)22/h6-8,10H,3-5,9H2,1-2H3,(H,23,24)/t10-/m1/s1. The van der Waals surface area contributed by atoms with Gasteiger partial charge in [0.1, 0.15) is 0 Å². The molecule has 1 N–H and O–H groups in total. The highest BCUT2D eigenvalue weighted by molar-refractivity contribution is 5.94. The minimum atomic E-state index is -4.97. The number of amides is 1. The van der Waals surface area contributed by atoms with Gasteiger partial charge in [0.15, 0.2) is 0 Å². The number of unbranched alkanes of at least 4 members (excludes halogenated alkanes) is 1. The summed E-state index contributed by atoms with van der Waals surface area (Å²) in [5.74, 6) is -0.864. The van der Waals surface area contributed by atoms with Gasteiger partial charge in [0, 0.05) is 12.1 Å². The van der Waals surface area contributed by atoms with Crippen LogP contribution in [0.1, 0.15) is 54.6 Å². The van der Waals surface area contributed by atoms with E-state index in [-0.39, 0.29) is 18.5 Å². The van der Waals surface area contributed by atoms with E-state index in [1.165, 1.54) is 0 Å². The number of benzene rings is 1. The lowest BCUT2D eigenvalue weighted by molar-refractivity contribution is -0.143. The van der Waals surface area contributed by atoms with E-state index in [0.29, 0.717) is 12.1 Å². The van der Waals surface area contributed by atoms with Crippen molar-refractivity contribution in [2.45, 2.75) is 45.5 Å². The van der Waals surface area contributed by atoms with E-state index in [9.17, 15) is 31.1 Å². The molecule has 1 atom stereocenters. The summed E-state index contributed by atoms with van der Waals surface area (Å²) in [5, 5.41) is 2.39. The molecule has 0 heterocycles. The van der Waals surface area contributed by atoms with E-state index >= 15 is 0 Å². The molecule has 0 aliphatic carbocycles. The van der Waals surface area contributed by atoms with Gasteiger partial charge in [-0.1, -0.05) is 26.7 Å². The van der Waals surface area contributed by atoms with Crippen LogP contribution in [0.4, 0.5) is 26.3 Å². The molecule has 0 aromatic heterocycles. The average Bonchev–Trinajstić information content (AvgIpc) is 2.48. The van der Waals surface area contributed by atoms with Crippen LogP contribution in [-0.2, 0) is 12.4 Å². The average molecular weight is 355 g/mol. The molecule has 0 aliphatic rings. The van der Waals surface area contributed by atoms with Crippen molar-refractivity contribution in [2.75, 3.05) is 6.54 Å². The Morgan fingerprint density at radius 1 is 1.04 bits per heavy atom. The maximum atomic E-state index is 12.8. The lowest BCUT2D eigenvalue weighted by Gasteiger charge is -2.15. The molecule has 136 valence electrons. The molecule has 2 nitrogen and oxygen atoms in total. The number of halogens is 6. The Kier molecular flexibility index (Phi) is 6.68. The second-order valence-corrected chi connectivity index (χ2v) is 5.75. The van der Waals surface area contributed by atoms with Gasteiger partial charge in [-0.2, -0.15) is 26.3 Å². The third kappa shape index (κ3) is 6.05. The first kappa shape index (κ1) is 20.3. The number of carbonyl (C=O) groups excluding carboxylic acids is 1. The summed E-state index contributed by atoms with van der Waals surface area (Å²) in [4.78, 5) is 11.9. The van der Waals surface area contributed by atoms with Gasteiger partial charge in [-0.15, -0.1) is 0 Å². The zero-order valence-electron chi connectivity index (χ0n) is 13.3. The predicted octanol–water partition coefficient (Wildman–Crippen LogP) is 5.28. The van der Waals surface area contributed by atoms with Crippen molar-refractivity contribution in [3.05, 3.63) is 34.9 Å². The van der Waals surface area contributed by atoms with Crippen molar-refractivity contribution >= 4 is 5.91 Å². The maximum Gasteiger partial charge on any atom is 0.416 e. The lowest BCUT2D eigenvalue weighted by Crippen LogP contribution is -2.29. The normalized spacial score (nSPS) is 13.7.